The molecule has 3 rings (SSSR count). The summed E-state index contributed by atoms with van der Waals surface area (Å²) >= 11 is 5.96. The molecule has 0 bridgehead atoms. The van der Waals surface area contributed by atoms with E-state index in [0.29, 0.717) is 24.0 Å². The Bertz CT molecular complexity index is 787. The Balaban J connectivity index is 1.57. The third kappa shape index (κ3) is 4.77. The number of anilines is 1. The van der Waals surface area contributed by atoms with Crippen LogP contribution in [0.4, 0.5) is 5.69 Å². The number of benzene rings is 2. The second-order valence-corrected chi connectivity index (χ2v) is 6.75. The molecule has 0 aliphatic carbocycles. The minimum atomic E-state index is 0.504. The lowest BCUT2D eigenvalue weighted by atomic mass is 10.2. The van der Waals surface area contributed by atoms with Gasteiger partial charge in [-0.2, -0.15) is 0 Å². The molecule has 6 nitrogen and oxygen atoms in total. The number of methoxy groups -OCH3 is 2. The Morgan fingerprint density at radius 2 is 1.67 bits per heavy atom. The first kappa shape index (κ1) is 19.2. The number of hydrogen-bond acceptors (Lipinski definition) is 4. The first-order valence-electron chi connectivity index (χ1n) is 8.87. The van der Waals surface area contributed by atoms with Crippen LogP contribution in [0.2, 0.25) is 5.02 Å². The van der Waals surface area contributed by atoms with Crippen molar-refractivity contribution in [3.8, 4) is 11.5 Å². The number of rotatable bonds is 5. The SMILES string of the molecule is COc1ccc(CN=C(N)N2CCN(c3ccc(Cl)cc3)CC2)cc1OC. The topological polar surface area (TPSA) is 63.3 Å². The van der Waals surface area contributed by atoms with Gasteiger partial charge in [-0.25, -0.2) is 4.99 Å². The van der Waals surface area contributed by atoms with Crippen LogP contribution in [0.15, 0.2) is 47.5 Å². The van der Waals surface area contributed by atoms with Gasteiger partial charge in [0.05, 0.1) is 20.8 Å². The van der Waals surface area contributed by atoms with Crippen molar-refractivity contribution in [3.05, 3.63) is 53.1 Å². The maximum atomic E-state index is 6.21. The van der Waals surface area contributed by atoms with Crippen LogP contribution in [0.1, 0.15) is 5.56 Å². The molecular formula is C20H25ClN4O2. The number of piperazine rings is 1. The summed E-state index contributed by atoms with van der Waals surface area (Å²) in [6.07, 6.45) is 0. The van der Waals surface area contributed by atoms with Gasteiger partial charge in [-0.15, -0.1) is 0 Å². The van der Waals surface area contributed by atoms with Gasteiger partial charge in [0.25, 0.3) is 0 Å². The van der Waals surface area contributed by atoms with E-state index in [4.69, 9.17) is 26.8 Å². The second-order valence-electron chi connectivity index (χ2n) is 6.31. The predicted octanol–water partition coefficient (Wildman–Crippen LogP) is 2.99. The molecule has 1 fully saturated rings. The largest absolute Gasteiger partial charge is 0.493 e. The molecule has 0 aromatic heterocycles. The highest BCUT2D eigenvalue weighted by atomic mass is 35.5. The highest BCUT2D eigenvalue weighted by Crippen LogP contribution is 2.27. The highest BCUT2D eigenvalue weighted by molar-refractivity contribution is 6.30. The molecule has 0 spiro atoms. The number of hydrogen-bond donors (Lipinski definition) is 1. The summed E-state index contributed by atoms with van der Waals surface area (Å²) < 4.78 is 10.6. The van der Waals surface area contributed by atoms with Gasteiger partial charge in [-0.3, -0.25) is 0 Å². The van der Waals surface area contributed by atoms with E-state index >= 15 is 0 Å². The van der Waals surface area contributed by atoms with E-state index in [0.717, 1.165) is 36.8 Å². The van der Waals surface area contributed by atoms with Crippen LogP contribution in [-0.4, -0.2) is 51.3 Å². The molecule has 144 valence electrons. The van der Waals surface area contributed by atoms with Crippen LogP contribution in [0.3, 0.4) is 0 Å². The monoisotopic (exact) mass is 388 g/mol. The summed E-state index contributed by atoms with van der Waals surface area (Å²) in [6.45, 7) is 3.97. The molecule has 1 aliphatic rings. The molecule has 2 aromatic rings. The Hall–Kier alpha value is -2.60. The number of ether oxygens (including phenoxy) is 2. The molecule has 7 heteroatoms. The number of guanidine groups is 1. The average Bonchev–Trinajstić information content (AvgIpc) is 2.72. The molecule has 1 heterocycles. The average molecular weight is 389 g/mol. The van der Waals surface area contributed by atoms with Crippen LogP contribution in [0, 0.1) is 0 Å². The normalized spacial score (nSPS) is 15.0. The fourth-order valence-corrected chi connectivity index (χ4v) is 3.22. The van der Waals surface area contributed by atoms with Crippen molar-refractivity contribution >= 4 is 23.2 Å². The van der Waals surface area contributed by atoms with Crippen LogP contribution < -0.4 is 20.1 Å². The summed E-state index contributed by atoms with van der Waals surface area (Å²) in [6, 6.07) is 13.7. The van der Waals surface area contributed by atoms with Gasteiger partial charge in [-0.05, 0) is 42.0 Å². The molecule has 2 aromatic carbocycles. The van der Waals surface area contributed by atoms with Gasteiger partial charge in [0.1, 0.15) is 0 Å². The van der Waals surface area contributed by atoms with E-state index in [1.165, 1.54) is 5.69 Å². The van der Waals surface area contributed by atoms with Gasteiger partial charge >= 0.3 is 0 Å². The van der Waals surface area contributed by atoms with Crippen LogP contribution in [-0.2, 0) is 6.54 Å². The van der Waals surface area contributed by atoms with Crippen LogP contribution in [0.25, 0.3) is 0 Å². The lowest BCUT2D eigenvalue weighted by molar-refractivity contribution is 0.354. The van der Waals surface area contributed by atoms with Crippen LogP contribution >= 0.6 is 11.6 Å². The van der Waals surface area contributed by atoms with E-state index in [2.05, 4.69) is 14.8 Å². The van der Waals surface area contributed by atoms with Gasteiger partial charge in [0.2, 0.25) is 0 Å². The molecule has 0 unspecified atom stereocenters. The Morgan fingerprint density at radius 3 is 2.30 bits per heavy atom. The predicted molar refractivity (Wildman–Crippen MR) is 110 cm³/mol. The number of halogens is 1. The third-order valence-electron chi connectivity index (χ3n) is 4.67. The van der Waals surface area contributed by atoms with Gasteiger partial charge in [0, 0.05) is 36.9 Å². The number of nitrogens with zero attached hydrogens (tertiary/aromatic N) is 3. The van der Waals surface area contributed by atoms with Crippen molar-refractivity contribution in [3.63, 3.8) is 0 Å². The Labute approximate surface area is 165 Å². The highest BCUT2D eigenvalue weighted by Gasteiger charge is 2.18. The van der Waals surface area contributed by atoms with E-state index in [9.17, 15) is 0 Å². The molecular weight excluding hydrogens is 364 g/mol. The first-order valence-corrected chi connectivity index (χ1v) is 9.25. The van der Waals surface area contributed by atoms with Gasteiger partial charge in [-0.1, -0.05) is 17.7 Å². The maximum absolute atomic E-state index is 6.21. The third-order valence-corrected chi connectivity index (χ3v) is 4.92. The second kappa shape index (κ2) is 8.86. The molecule has 0 radical (unpaired) electrons. The summed E-state index contributed by atoms with van der Waals surface area (Å²) in [4.78, 5) is 8.99. The molecule has 2 N–H and O–H groups in total. The van der Waals surface area contributed by atoms with E-state index in [1.807, 2.05) is 42.5 Å². The van der Waals surface area contributed by atoms with Crippen molar-refractivity contribution in [1.29, 1.82) is 0 Å². The van der Waals surface area contributed by atoms with Crippen molar-refractivity contribution in [1.82, 2.24) is 4.90 Å². The summed E-state index contributed by atoms with van der Waals surface area (Å²) in [7, 11) is 3.25. The zero-order valence-electron chi connectivity index (χ0n) is 15.7. The van der Waals surface area contributed by atoms with Crippen LogP contribution in [0.5, 0.6) is 11.5 Å². The van der Waals surface area contributed by atoms with Crippen molar-refractivity contribution < 1.29 is 9.47 Å². The van der Waals surface area contributed by atoms with Crippen molar-refractivity contribution in [2.75, 3.05) is 45.3 Å². The summed E-state index contributed by atoms with van der Waals surface area (Å²) in [5, 5.41) is 0.754. The molecule has 0 saturated carbocycles. The summed E-state index contributed by atoms with van der Waals surface area (Å²) in [5.41, 5.74) is 8.41. The Morgan fingerprint density at radius 1 is 1.00 bits per heavy atom. The number of nitrogens with two attached hydrogens (primary N) is 1. The fraction of sp³-hybridized carbons (Fsp3) is 0.350. The maximum Gasteiger partial charge on any atom is 0.191 e. The Kier molecular flexibility index (Phi) is 6.29. The smallest absolute Gasteiger partial charge is 0.191 e. The molecule has 0 atom stereocenters. The lowest BCUT2D eigenvalue weighted by Gasteiger charge is -2.36. The van der Waals surface area contributed by atoms with E-state index in [-0.39, 0.29) is 0 Å². The summed E-state index contributed by atoms with van der Waals surface area (Å²) in [5.74, 6) is 1.97. The zero-order chi connectivity index (χ0) is 19.2. The van der Waals surface area contributed by atoms with E-state index in [1.54, 1.807) is 14.2 Å². The minimum absolute atomic E-state index is 0.504. The minimum Gasteiger partial charge on any atom is -0.493 e. The fourth-order valence-electron chi connectivity index (χ4n) is 3.10. The zero-order valence-corrected chi connectivity index (χ0v) is 16.4. The van der Waals surface area contributed by atoms with E-state index < -0.39 is 0 Å². The molecule has 1 saturated heterocycles. The van der Waals surface area contributed by atoms with Gasteiger partial charge < -0.3 is 25.0 Å². The quantitative estimate of drug-likeness (QED) is 0.630. The first-order chi connectivity index (χ1) is 13.1. The van der Waals surface area contributed by atoms with Crippen molar-refractivity contribution in [2.24, 2.45) is 10.7 Å². The lowest BCUT2D eigenvalue weighted by Crippen LogP contribution is -2.51. The van der Waals surface area contributed by atoms with Gasteiger partial charge in [0.15, 0.2) is 17.5 Å². The molecule has 0 amide bonds. The standard InChI is InChI=1S/C20H25ClN4O2/c1-26-18-8-3-15(13-19(18)27-2)14-23-20(22)25-11-9-24(10-12-25)17-6-4-16(21)5-7-17/h3-8,13H,9-12,14H2,1-2H3,(H2,22,23). The molecule has 1 aliphatic heterocycles. The van der Waals surface area contributed by atoms with Crippen molar-refractivity contribution in [2.45, 2.75) is 6.54 Å². The number of aliphatic imine (C=N–C) groups is 1. The molecule has 27 heavy (non-hydrogen) atoms.